The highest BCUT2D eigenvalue weighted by molar-refractivity contribution is 7.12. The molecule has 10 heteroatoms. The quantitative estimate of drug-likeness (QED) is 0.344. The van der Waals surface area contributed by atoms with Gasteiger partial charge in [-0.15, -0.1) is 11.3 Å². The number of fused-ring (bicyclic) bond motifs is 7. The van der Waals surface area contributed by atoms with E-state index in [1.165, 1.54) is 11.3 Å². The number of carbonyl (C=O) groups is 1. The number of rotatable bonds is 10. The number of unbranched alkanes of at least 4 members (excludes halogenated alkanes) is 3. The normalized spacial score (nSPS) is 14.9. The van der Waals surface area contributed by atoms with Gasteiger partial charge >= 0.3 is 0 Å². The van der Waals surface area contributed by atoms with Crippen molar-refractivity contribution in [3.8, 4) is 45.6 Å². The molecule has 206 valence electrons. The van der Waals surface area contributed by atoms with Crippen molar-refractivity contribution >= 4 is 17.2 Å². The molecule has 3 aliphatic rings. The van der Waals surface area contributed by atoms with Gasteiger partial charge in [0.1, 0.15) is 0 Å². The number of nitrogens with zero attached hydrogens (tertiary/aromatic N) is 1. The smallest absolute Gasteiger partial charge is 0.261 e. The van der Waals surface area contributed by atoms with E-state index in [4.69, 9.17) is 28.4 Å². The molecule has 0 atom stereocenters. The summed E-state index contributed by atoms with van der Waals surface area (Å²) in [5, 5.41) is 4.93. The molecule has 9 nitrogen and oxygen atoms in total. The van der Waals surface area contributed by atoms with Crippen LogP contribution in [0.5, 0.6) is 34.5 Å². The topological polar surface area (TPSA) is 87.7 Å². The Morgan fingerprint density at radius 2 is 1.46 bits per heavy atom. The second kappa shape index (κ2) is 11.2. The second-order valence-electron chi connectivity index (χ2n) is 9.71. The van der Waals surface area contributed by atoms with Gasteiger partial charge in [0.2, 0.25) is 25.1 Å². The Labute approximate surface area is 231 Å². The Hall–Kier alpha value is -3.63. The minimum absolute atomic E-state index is 0.0134. The summed E-state index contributed by atoms with van der Waals surface area (Å²) in [6.45, 7) is 3.36. The van der Waals surface area contributed by atoms with E-state index in [0.29, 0.717) is 41.0 Å². The lowest BCUT2D eigenvalue weighted by Crippen LogP contribution is -2.24. The Kier molecular flexibility index (Phi) is 7.38. The lowest BCUT2D eigenvalue weighted by Gasteiger charge is -2.21. The van der Waals surface area contributed by atoms with Gasteiger partial charge in [0.05, 0.1) is 19.1 Å². The number of ether oxygens (including phenoxy) is 6. The summed E-state index contributed by atoms with van der Waals surface area (Å²) in [5.41, 5.74) is 4.11. The van der Waals surface area contributed by atoms with Crippen LogP contribution in [0.15, 0.2) is 29.6 Å². The monoisotopic (exact) mass is 552 g/mol. The fourth-order valence-electron chi connectivity index (χ4n) is 5.49. The molecule has 3 aliphatic heterocycles. The summed E-state index contributed by atoms with van der Waals surface area (Å²) in [6.07, 6.45) is 4.15. The highest BCUT2D eigenvalue weighted by Gasteiger charge is 2.36. The van der Waals surface area contributed by atoms with Crippen LogP contribution in [-0.4, -0.2) is 51.7 Å². The Morgan fingerprint density at radius 1 is 0.872 bits per heavy atom. The van der Waals surface area contributed by atoms with E-state index in [0.717, 1.165) is 72.4 Å². The van der Waals surface area contributed by atoms with Gasteiger partial charge in [0, 0.05) is 30.8 Å². The number of methoxy groups -OCH3 is 2. The number of hydrogen-bond acceptors (Lipinski definition) is 9. The molecule has 0 unspecified atom stereocenters. The predicted molar refractivity (Wildman–Crippen MR) is 146 cm³/mol. The zero-order valence-corrected chi connectivity index (χ0v) is 23.0. The average molecular weight is 553 g/mol. The lowest BCUT2D eigenvalue weighted by atomic mass is 9.93. The molecule has 0 saturated heterocycles. The van der Waals surface area contributed by atoms with E-state index in [-0.39, 0.29) is 19.5 Å². The number of amides is 1. The van der Waals surface area contributed by atoms with Gasteiger partial charge in [0.25, 0.3) is 5.91 Å². The Bertz CT molecular complexity index is 1290. The molecule has 39 heavy (non-hydrogen) atoms. The zero-order chi connectivity index (χ0) is 26.8. The van der Waals surface area contributed by atoms with E-state index in [1.54, 1.807) is 14.2 Å². The van der Waals surface area contributed by atoms with E-state index >= 15 is 0 Å². The van der Waals surface area contributed by atoms with E-state index in [1.807, 2.05) is 29.6 Å². The first-order chi connectivity index (χ1) is 19.2. The standard InChI is InChI=1S/C29H32N2O7S/c1-33-20-12-18-14-31(10-6-4-3-5-9-30-29(32)22-8-7-11-39-22)15-19-13-21(34-2)26-28(38-17-36-26)24(19)23(18)27-25(20)35-16-37-27/h7-8,11-13H,3-6,9-10,14-17H2,1-2H3,(H,30,32). The number of benzene rings is 2. The van der Waals surface area contributed by atoms with E-state index < -0.39 is 0 Å². The number of thiophene rings is 1. The maximum Gasteiger partial charge on any atom is 0.261 e. The minimum atomic E-state index is 0.0134. The van der Waals surface area contributed by atoms with E-state index in [2.05, 4.69) is 10.2 Å². The highest BCUT2D eigenvalue weighted by atomic mass is 32.1. The first-order valence-electron chi connectivity index (χ1n) is 13.2. The molecule has 0 saturated carbocycles. The maximum atomic E-state index is 12.1. The van der Waals surface area contributed by atoms with Crippen molar-refractivity contribution in [2.24, 2.45) is 0 Å². The SMILES string of the molecule is COc1cc2c(c3c1OCO3)-c1c(cc(OC)c3c1OCO3)CN(CCCCCCNC(=O)c1cccs1)C2. The van der Waals surface area contributed by atoms with Crippen molar-refractivity contribution in [1.82, 2.24) is 10.2 Å². The van der Waals surface area contributed by atoms with Crippen molar-refractivity contribution in [3.05, 3.63) is 45.6 Å². The molecular formula is C29H32N2O7S. The van der Waals surface area contributed by atoms with Gasteiger partial charge in [-0.2, -0.15) is 0 Å². The van der Waals surface area contributed by atoms with Gasteiger partial charge in [0.15, 0.2) is 23.0 Å². The molecule has 0 aliphatic carbocycles. The number of nitrogens with one attached hydrogen (secondary N) is 1. The first kappa shape index (κ1) is 25.6. The van der Waals surface area contributed by atoms with Crippen molar-refractivity contribution in [2.45, 2.75) is 38.8 Å². The molecule has 4 heterocycles. The van der Waals surface area contributed by atoms with Crippen LogP contribution in [-0.2, 0) is 13.1 Å². The number of hydrogen-bond donors (Lipinski definition) is 1. The maximum absolute atomic E-state index is 12.1. The summed E-state index contributed by atoms with van der Waals surface area (Å²) in [4.78, 5) is 15.3. The zero-order valence-electron chi connectivity index (χ0n) is 22.2. The summed E-state index contributed by atoms with van der Waals surface area (Å²) in [7, 11) is 3.29. The third kappa shape index (κ3) is 4.94. The number of carbonyl (C=O) groups excluding carboxylic acids is 1. The Morgan fingerprint density at radius 3 is 2.03 bits per heavy atom. The van der Waals surface area contributed by atoms with Crippen LogP contribution < -0.4 is 33.7 Å². The third-order valence-electron chi connectivity index (χ3n) is 7.29. The Balaban J connectivity index is 1.18. The summed E-state index contributed by atoms with van der Waals surface area (Å²) in [6, 6.07) is 7.85. The molecule has 2 aromatic carbocycles. The van der Waals surface area contributed by atoms with Crippen LogP contribution in [0.25, 0.3) is 11.1 Å². The molecule has 0 spiro atoms. The van der Waals surface area contributed by atoms with Gasteiger partial charge in [-0.05, 0) is 54.1 Å². The second-order valence-corrected chi connectivity index (χ2v) is 10.7. The van der Waals surface area contributed by atoms with Crippen LogP contribution in [0.2, 0.25) is 0 Å². The summed E-state index contributed by atoms with van der Waals surface area (Å²) < 4.78 is 34.9. The summed E-state index contributed by atoms with van der Waals surface area (Å²) >= 11 is 1.47. The minimum Gasteiger partial charge on any atom is -0.493 e. The molecule has 6 rings (SSSR count). The molecule has 0 radical (unpaired) electrons. The van der Waals surface area contributed by atoms with Gasteiger partial charge < -0.3 is 33.7 Å². The molecule has 1 aromatic heterocycles. The van der Waals surface area contributed by atoms with E-state index in [9.17, 15) is 4.79 Å². The third-order valence-corrected chi connectivity index (χ3v) is 8.16. The van der Waals surface area contributed by atoms with Gasteiger partial charge in [-0.3, -0.25) is 9.69 Å². The fraction of sp³-hybridized carbons (Fsp3) is 0.414. The fourth-order valence-corrected chi connectivity index (χ4v) is 6.13. The molecule has 1 amide bonds. The van der Waals surface area contributed by atoms with Crippen LogP contribution in [0.4, 0.5) is 0 Å². The molecule has 3 aromatic rings. The van der Waals surface area contributed by atoms with Gasteiger partial charge in [-0.25, -0.2) is 0 Å². The average Bonchev–Trinajstić information content (AvgIpc) is 3.73. The van der Waals surface area contributed by atoms with Crippen LogP contribution >= 0.6 is 11.3 Å². The molecule has 0 bridgehead atoms. The molecule has 1 N–H and O–H groups in total. The summed E-state index contributed by atoms with van der Waals surface area (Å²) in [5.74, 6) is 3.93. The van der Waals surface area contributed by atoms with Crippen molar-refractivity contribution in [2.75, 3.05) is 40.9 Å². The molecular weight excluding hydrogens is 520 g/mol. The molecule has 0 fully saturated rings. The van der Waals surface area contributed by atoms with Crippen LogP contribution in [0.3, 0.4) is 0 Å². The first-order valence-corrected chi connectivity index (χ1v) is 14.1. The van der Waals surface area contributed by atoms with Crippen LogP contribution in [0.1, 0.15) is 46.5 Å². The van der Waals surface area contributed by atoms with Crippen molar-refractivity contribution in [1.29, 1.82) is 0 Å². The van der Waals surface area contributed by atoms with Crippen LogP contribution in [0, 0.1) is 0 Å². The largest absolute Gasteiger partial charge is 0.493 e. The van der Waals surface area contributed by atoms with Crippen molar-refractivity contribution < 1.29 is 33.2 Å². The van der Waals surface area contributed by atoms with Crippen molar-refractivity contribution in [3.63, 3.8) is 0 Å². The predicted octanol–water partition coefficient (Wildman–Crippen LogP) is 5.20. The van der Waals surface area contributed by atoms with Gasteiger partial charge in [-0.1, -0.05) is 18.9 Å². The highest BCUT2D eigenvalue weighted by Crippen LogP contribution is 2.57. The lowest BCUT2D eigenvalue weighted by molar-refractivity contribution is 0.0957.